The second-order valence-corrected chi connectivity index (χ2v) is 10.4. The number of anilines is 1. The van der Waals surface area contributed by atoms with Gasteiger partial charge in [-0.1, -0.05) is 39.8 Å². The number of halogens is 1. The van der Waals surface area contributed by atoms with Crippen molar-refractivity contribution in [3.63, 3.8) is 0 Å². The van der Waals surface area contributed by atoms with Gasteiger partial charge < -0.3 is 4.89 Å². The van der Waals surface area contributed by atoms with Crippen LogP contribution in [0.1, 0.15) is 48.5 Å². The molecule has 0 bridgehead atoms. The highest BCUT2D eigenvalue weighted by Gasteiger charge is 2.41. The van der Waals surface area contributed by atoms with Gasteiger partial charge in [0.1, 0.15) is 11.4 Å². The quantitative estimate of drug-likeness (QED) is 0.356. The van der Waals surface area contributed by atoms with Crippen LogP contribution < -0.4 is 5.32 Å². The standard InChI is InChI=1S/C24H28FN2O4PS/c1-14(2)24(15(3)4,31-32(29)30)19-10-6-18(7-11-19)22(28)27-23-26-21(16(5)33-23)17-8-12-20(25)13-9-17/h6-15,32H,1-5H3,(H,29,30)(H,26,27,28). The first kappa shape index (κ1) is 25.2. The Morgan fingerprint density at radius 1 is 1.09 bits per heavy atom. The maximum Gasteiger partial charge on any atom is 0.317 e. The predicted octanol–water partition coefficient (Wildman–Crippen LogP) is 6.42. The fourth-order valence-electron chi connectivity index (χ4n) is 4.15. The van der Waals surface area contributed by atoms with Gasteiger partial charge in [0.15, 0.2) is 5.13 Å². The molecule has 1 atom stereocenters. The molecule has 3 rings (SSSR count). The molecule has 1 heterocycles. The molecule has 33 heavy (non-hydrogen) atoms. The SMILES string of the molecule is Cc1sc(NC(=O)c2ccc(C(O[PH](=O)O)(C(C)C)C(C)C)cc2)nc1-c1ccc(F)cc1. The number of hydrogen-bond donors (Lipinski definition) is 2. The number of aryl methyl sites for hydroxylation is 1. The zero-order valence-corrected chi connectivity index (χ0v) is 21.0. The van der Waals surface area contributed by atoms with Crippen LogP contribution in [-0.2, 0) is 14.7 Å². The summed E-state index contributed by atoms with van der Waals surface area (Å²) in [6.45, 7) is 9.65. The van der Waals surface area contributed by atoms with Crippen molar-refractivity contribution in [1.82, 2.24) is 4.98 Å². The Morgan fingerprint density at radius 3 is 2.18 bits per heavy atom. The summed E-state index contributed by atoms with van der Waals surface area (Å²) < 4.78 is 30.4. The van der Waals surface area contributed by atoms with Crippen LogP contribution in [0.15, 0.2) is 48.5 Å². The highest BCUT2D eigenvalue weighted by Crippen LogP contribution is 2.46. The minimum Gasteiger partial charge on any atom is -0.326 e. The van der Waals surface area contributed by atoms with Crippen LogP contribution in [0.25, 0.3) is 11.3 Å². The molecule has 0 aliphatic carbocycles. The Bertz CT molecular complexity index is 1140. The molecule has 176 valence electrons. The molecule has 2 aromatic carbocycles. The maximum atomic E-state index is 13.2. The number of carbonyl (C=O) groups excluding carboxylic acids is 1. The van der Waals surface area contributed by atoms with Crippen molar-refractivity contribution in [2.75, 3.05) is 5.32 Å². The monoisotopic (exact) mass is 490 g/mol. The van der Waals surface area contributed by atoms with Crippen LogP contribution >= 0.6 is 19.6 Å². The van der Waals surface area contributed by atoms with E-state index in [2.05, 4.69) is 10.3 Å². The highest BCUT2D eigenvalue weighted by atomic mass is 32.1. The first-order chi connectivity index (χ1) is 15.5. The van der Waals surface area contributed by atoms with Gasteiger partial charge in [0, 0.05) is 16.0 Å². The molecule has 0 aliphatic heterocycles. The van der Waals surface area contributed by atoms with Crippen molar-refractivity contribution in [3.8, 4) is 11.3 Å². The van der Waals surface area contributed by atoms with E-state index in [1.165, 1.54) is 23.5 Å². The molecule has 0 aliphatic rings. The van der Waals surface area contributed by atoms with Crippen molar-refractivity contribution in [2.45, 2.75) is 40.2 Å². The average molecular weight is 491 g/mol. The Morgan fingerprint density at radius 2 is 1.67 bits per heavy atom. The third-order valence-electron chi connectivity index (χ3n) is 5.70. The van der Waals surface area contributed by atoms with Crippen LogP contribution in [0.2, 0.25) is 0 Å². The lowest BCUT2D eigenvalue weighted by atomic mass is 9.75. The fraction of sp³-hybridized carbons (Fsp3) is 0.333. The number of carbonyl (C=O) groups is 1. The van der Waals surface area contributed by atoms with Crippen molar-refractivity contribution in [3.05, 3.63) is 70.4 Å². The molecule has 0 saturated heterocycles. The third-order valence-corrected chi connectivity index (χ3v) is 7.10. The summed E-state index contributed by atoms with van der Waals surface area (Å²) in [4.78, 5) is 27.7. The Labute approximate surface area is 197 Å². The Hall–Kier alpha value is -2.38. The van der Waals surface area contributed by atoms with Crippen molar-refractivity contribution < 1.29 is 23.2 Å². The van der Waals surface area contributed by atoms with Gasteiger partial charge in [-0.05, 0) is 60.7 Å². The molecule has 3 aromatic rings. The summed E-state index contributed by atoms with van der Waals surface area (Å²) in [6.07, 6.45) is 0. The number of nitrogens with zero attached hydrogens (tertiary/aromatic N) is 1. The lowest BCUT2D eigenvalue weighted by molar-refractivity contribution is -0.0285. The van der Waals surface area contributed by atoms with Crippen molar-refractivity contribution >= 4 is 30.6 Å². The molecule has 0 saturated carbocycles. The molecule has 9 heteroatoms. The normalized spacial score (nSPS) is 12.9. The van der Waals surface area contributed by atoms with E-state index in [1.807, 2.05) is 34.6 Å². The number of nitrogens with one attached hydrogen (secondary N) is 1. The largest absolute Gasteiger partial charge is 0.326 e. The Balaban J connectivity index is 1.83. The first-order valence-electron chi connectivity index (χ1n) is 10.6. The van der Waals surface area contributed by atoms with E-state index in [1.54, 1.807) is 36.4 Å². The van der Waals surface area contributed by atoms with Gasteiger partial charge in [-0.15, -0.1) is 11.3 Å². The van der Waals surface area contributed by atoms with Gasteiger partial charge in [-0.25, -0.2) is 9.37 Å². The topological polar surface area (TPSA) is 88.5 Å². The van der Waals surface area contributed by atoms with Gasteiger partial charge in [0.05, 0.1) is 5.69 Å². The molecule has 0 radical (unpaired) electrons. The smallest absolute Gasteiger partial charge is 0.317 e. The lowest BCUT2D eigenvalue weighted by Crippen LogP contribution is -2.39. The van der Waals surface area contributed by atoms with Gasteiger partial charge in [-0.3, -0.25) is 19.2 Å². The van der Waals surface area contributed by atoms with Gasteiger partial charge in [-0.2, -0.15) is 0 Å². The summed E-state index contributed by atoms with van der Waals surface area (Å²) in [5.74, 6) is -0.778. The summed E-state index contributed by atoms with van der Waals surface area (Å²) in [7, 11) is -3.18. The lowest BCUT2D eigenvalue weighted by Gasteiger charge is -2.40. The molecule has 1 aromatic heterocycles. The molecule has 2 N–H and O–H groups in total. The van der Waals surface area contributed by atoms with E-state index < -0.39 is 13.9 Å². The highest BCUT2D eigenvalue weighted by molar-refractivity contribution is 7.32. The second kappa shape index (κ2) is 10.3. The predicted molar refractivity (Wildman–Crippen MR) is 130 cm³/mol. The fourth-order valence-corrected chi connectivity index (χ4v) is 5.86. The first-order valence-corrected chi connectivity index (χ1v) is 12.7. The molecule has 0 spiro atoms. The zero-order chi connectivity index (χ0) is 24.3. The van der Waals surface area contributed by atoms with E-state index >= 15 is 0 Å². The molecule has 6 nitrogen and oxygen atoms in total. The van der Waals surface area contributed by atoms with E-state index in [9.17, 15) is 18.6 Å². The zero-order valence-electron chi connectivity index (χ0n) is 19.2. The van der Waals surface area contributed by atoms with Gasteiger partial charge in [0.2, 0.25) is 0 Å². The van der Waals surface area contributed by atoms with E-state index in [4.69, 9.17) is 4.52 Å². The molecule has 0 fully saturated rings. The van der Waals surface area contributed by atoms with Crippen LogP contribution in [0, 0.1) is 24.6 Å². The molecule has 1 amide bonds. The average Bonchev–Trinajstić information content (AvgIpc) is 3.12. The molecular weight excluding hydrogens is 462 g/mol. The summed E-state index contributed by atoms with van der Waals surface area (Å²) in [6, 6.07) is 12.9. The van der Waals surface area contributed by atoms with Crippen LogP contribution in [0.5, 0.6) is 0 Å². The number of thiazole rings is 1. The van der Waals surface area contributed by atoms with E-state index in [-0.39, 0.29) is 23.6 Å². The van der Waals surface area contributed by atoms with E-state index in [0.717, 1.165) is 16.0 Å². The van der Waals surface area contributed by atoms with Crippen LogP contribution in [0.4, 0.5) is 9.52 Å². The number of rotatable bonds is 8. The molecular formula is C24H28FN2O4PS. The minimum absolute atomic E-state index is 0.0681. The van der Waals surface area contributed by atoms with Crippen molar-refractivity contribution in [2.24, 2.45) is 11.8 Å². The second-order valence-electron chi connectivity index (χ2n) is 8.43. The van der Waals surface area contributed by atoms with E-state index in [0.29, 0.717) is 16.4 Å². The van der Waals surface area contributed by atoms with Crippen LogP contribution in [-0.4, -0.2) is 15.8 Å². The third kappa shape index (κ3) is 5.41. The number of hydrogen-bond acceptors (Lipinski definition) is 5. The maximum absolute atomic E-state index is 13.2. The summed E-state index contributed by atoms with van der Waals surface area (Å²) in [5.41, 5.74) is 1.68. The number of benzene rings is 2. The number of aromatic nitrogens is 1. The van der Waals surface area contributed by atoms with Gasteiger partial charge >= 0.3 is 8.25 Å². The Kier molecular flexibility index (Phi) is 7.85. The van der Waals surface area contributed by atoms with Crippen LogP contribution in [0.3, 0.4) is 0 Å². The minimum atomic E-state index is -3.18. The van der Waals surface area contributed by atoms with Crippen molar-refractivity contribution in [1.29, 1.82) is 0 Å². The number of amides is 1. The summed E-state index contributed by atoms with van der Waals surface area (Å²) >= 11 is 1.34. The summed E-state index contributed by atoms with van der Waals surface area (Å²) in [5, 5.41) is 3.26. The van der Waals surface area contributed by atoms with Gasteiger partial charge in [0.25, 0.3) is 5.91 Å². The molecule has 1 unspecified atom stereocenters.